The Morgan fingerprint density at radius 1 is 0.552 bits per heavy atom. The molecule has 0 rings (SSSR count). The fourth-order valence-corrected chi connectivity index (χ4v) is 4.80. The molecule has 0 aliphatic carbocycles. The van der Waals surface area contributed by atoms with Gasteiger partial charge in [0, 0.05) is 6.16 Å². The molecule has 1 atom stereocenters. The maximum atomic E-state index is 11.9. The quantitative estimate of drug-likeness (QED) is 0.0845. The van der Waals surface area contributed by atoms with Crippen LogP contribution in [0.15, 0.2) is 0 Å². The van der Waals surface area contributed by atoms with Crippen molar-refractivity contribution in [1.82, 2.24) is 0 Å². The third-order valence-electron chi connectivity index (χ3n) is 5.57. The molecule has 0 aliphatic heterocycles. The van der Waals surface area contributed by atoms with E-state index in [0.29, 0.717) is 6.61 Å². The van der Waals surface area contributed by atoms with Crippen molar-refractivity contribution in [2.24, 2.45) is 0 Å². The summed E-state index contributed by atoms with van der Waals surface area (Å²) in [7, 11) is -3.59. The van der Waals surface area contributed by atoms with Crippen LogP contribution in [0.1, 0.15) is 142 Å². The molecule has 0 N–H and O–H groups in total. The first-order chi connectivity index (χ1) is 13.6. The second kappa shape index (κ2) is 24.9. The molecule has 5 heteroatoms. The summed E-state index contributed by atoms with van der Waals surface area (Å²) in [6.07, 6.45) is 25.0. The summed E-state index contributed by atoms with van der Waals surface area (Å²) >= 11 is 0. The molecule has 3 nitrogen and oxygen atoms in total. The van der Waals surface area contributed by atoms with Crippen molar-refractivity contribution in [3.05, 3.63) is 0 Å². The van der Waals surface area contributed by atoms with Crippen molar-refractivity contribution in [2.75, 3.05) is 12.8 Å². The first-order valence-electron chi connectivity index (χ1n) is 12.6. The van der Waals surface area contributed by atoms with E-state index in [0.717, 1.165) is 32.1 Å². The van der Waals surface area contributed by atoms with Gasteiger partial charge in [0.25, 0.3) is 0 Å². The molecule has 0 saturated carbocycles. The second-order valence-corrected chi connectivity index (χ2v) is 10.5. The third-order valence-corrected chi connectivity index (χ3v) is 7.01. The molecule has 0 fully saturated rings. The van der Waals surface area contributed by atoms with Crippen LogP contribution >= 0.6 is 7.60 Å². The molecular formula is C24H50NiO3P+. The van der Waals surface area contributed by atoms with Crippen LogP contribution < -0.4 is 4.89 Å². The molecule has 178 valence electrons. The monoisotopic (exact) mass is 475 g/mol. The van der Waals surface area contributed by atoms with Gasteiger partial charge < -0.3 is 14.0 Å². The van der Waals surface area contributed by atoms with E-state index in [1.54, 1.807) is 0 Å². The molecule has 0 heterocycles. The smallest absolute Gasteiger partial charge is 0.778 e. The standard InChI is InChI=1S/C24H51O3P.Ni/c1-3-5-7-9-11-13-15-17-19-21-23-27-28(25,26)24-22-20-18-16-14-12-10-8-6-4-2;/h3-24H2,1-2H3,(H,25,26);/q;+2/p-1. The maximum absolute atomic E-state index is 11.9. The summed E-state index contributed by atoms with van der Waals surface area (Å²) in [5.41, 5.74) is 0. The minimum atomic E-state index is -3.59. The Kier molecular flexibility index (Phi) is 27.3. The van der Waals surface area contributed by atoms with E-state index in [4.69, 9.17) is 4.52 Å². The van der Waals surface area contributed by atoms with E-state index < -0.39 is 7.60 Å². The van der Waals surface area contributed by atoms with E-state index in [1.807, 2.05) is 0 Å². The molecular weight excluding hydrogens is 426 g/mol. The van der Waals surface area contributed by atoms with Gasteiger partial charge in [0.1, 0.15) is 7.60 Å². The molecule has 29 heavy (non-hydrogen) atoms. The average molecular weight is 476 g/mol. The summed E-state index contributed by atoms with van der Waals surface area (Å²) in [5, 5.41) is 0. The fraction of sp³-hybridized carbons (Fsp3) is 1.00. The molecule has 0 amide bonds. The summed E-state index contributed by atoms with van der Waals surface area (Å²) < 4.78 is 17.1. The van der Waals surface area contributed by atoms with Crippen LogP contribution in [0.25, 0.3) is 0 Å². The molecule has 0 aliphatic rings. The van der Waals surface area contributed by atoms with Gasteiger partial charge in [-0.05, 0) is 12.8 Å². The minimum Gasteiger partial charge on any atom is -0.778 e. The number of unbranched alkanes of at least 4 members (excludes halogenated alkanes) is 18. The first-order valence-corrected chi connectivity index (χ1v) is 14.3. The van der Waals surface area contributed by atoms with E-state index in [1.165, 1.54) is 96.3 Å². The van der Waals surface area contributed by atoms with E-state index in [-0.39, 0.29) is 22.7 Å². The summed E-state index contributed by atoms with van der Waals surface area (Å²) in [4.78, 5) is 11.9. The van der Waals surface area contributed by atoms with Crippen molar-refractivity contribution in [3.8, 4) is 0 Å². The Morgan fingerprint density at radius 3 is 1.24 bits per heavy atom. The second-order valence-electron chi connectivity index (χ2n) is 8.53. The topological polar surface area (TPSA) is 49.4 Å². The predicted octanol–water partition coefficient (Wildman–Crippen LogP) is 8.40. The Morgan fingerprint density at radius 2 is 0.862 bits per heavy atom. The Bertz CT molecular complexity index is 353. The molecule has 0 aromatic heterocycles. The van der Waals surface area contributed by atoms with Gasteiger partial charge in [-0.15, -0.1) is 0 Å². The molecule has 0 saturated heterocycles. The summed E-state index contributed by atoms with van der Waals surface area (Å²) in [5.74, 6) is 0. The largest absolute Gasteiger partial charge is 2.00 e. The van der Waals surface area contributed by atoms with Gasteiger partial charge in [0.15, 0.2) is 0 Å². The molecule has 0 aromatic rings. The van der Waals surface area contributed by atoms with Crippen molar-refractivity contribution >= 4 is 7.60 Å². The maximum Gasteiger partial charge on any atom is 2.00 e. The molecule has 1 unspecified atom stereocenters. The zero-order valence-corrected chi connectivity index (χ0v) is 21.4. The van der Waals surface area contributed by atoms with Crippen molar-refractivity contribution in [1.29, 1.82) is 0 Å². The average Bonchev–Trinajstić information content (AvgIpc) is 2.67. The summed E-state index contributed by atoms with van der Waals surface area (Å²) in [6, 6.07) is 0. The van der Waals surface area contributed by atoms with Crippen LogP contribution in [0.5, 0.6) is 0 Å². The van der Waals surface area contributed by atoms with Gasteiger partial charge in [-0.1, -0.05) is 129 Å². The molecule has 0 bridgehead atoms. The normalized spacial score (nSPS) is 13.2. The van der Waals surface area contributed by atoms with Crippen LogP contribution in [0.2, 0.25) is 0 Å². The van der Waals surface area contributed by atoms with Crippen LogP contribution in [-0.2, 0) is 25.6 Å². The summed E-state index contributed by atoms with van der Waals surface area (Å²) in [6.45, 7) is 4.88. The van der Waals surface area contributed by atoms with Crippen molar-refractivity contribution in [2.45, 2.75) is 142 Å². The Balaban J connectivity index is 0. The number of hydrogen-bond donors (Lipinski definition) is 0. The van der Waals surface area contributed by atoms with Crippen LogP contribution in [0.3, 0.4) is 0 Å². The number of hydrogen-bond acceptors (Lipinski definition) is 3. The van der Waals surface area contributed by atoms with Crippen molar-refractivity contribution < 1.29 is 30.5 Å². The van der Waals surface area contributed by atoms with Crippen LogP contribution in [0.4, 0.5) is 0 Å². The molecule has 0 aromatic carbocycles. The zero-order valence-electron chi connectivity index (χ0n) is 19.5. The molecule has 0 radical (unpaired) electrons. The van der Waals surface area contributed by atoms with Crippen LogP contribution in [-0.4, -0.2) is 12.8 Å². The van der Waals surface area contributed by atoms with Gasteiger partial charge in [0.2, 0.25) is 0 Å². The Labute approximate surface area is 193 Å². The molecule has 0 spiro atoms. The number of rotatable bonds is 23. The van der Waals surface area contributed by atoms with E-state index >= 15 is 0 Å². The van der Waals surface area contributed by atoms with Gasteiger partial charge in [0.05, 0.1) is 6.61 Å². The predicted molar refractivity (Wildman–Crippen MR) is 122 cm³/mol. The van der Waals surface area contributed by atoms with Crippen LogP contribution in [0, 0.1) is 0 Å². The zero-order chi connectivity index (χ0) is 20.8. The Hall–Kier alpha value is 0.644. The van der Waals surface area contributed by atoms with E-state index in [2.05, 4.69) is 13.8 Å². The van der Waals surface area contributed by atoms with Gasteiger partial charge >= 0.3 is 16.5 Å². The minimum absolute atomic E-state index is 0. The van der Waals surface area contributed by atoms with Gasteiger partial charge in [-0.2, -0.15) is 0 Å². The van der Waals surface area contributed by atoms with Gasteiger partial charge in [-0.3, -0.25) is 0 Å². The first kappa shape index (κ1) is 31.8. The fourth-order valence-electron chi connectivity index (χ4n) is 3.65. The van der Waals surface area contributed by atoms with E-state index in [9.17, 15) is 9.46 Å². The van der Waals surface area contributed by atoms with Crippen molar-refractivity contribution in [3.63, 3.8) is 0 Å². The SMILES string of the molecule is CCCCCCCCCCCCOP(=O)([O-])CCCCCCCCCCCC.[Ni+2]. The third kappa shape index (κ3) is 26.6. The van der Waals surface area contributed by atoms with Gasteiger partial charge in [-0.25, -0.2) is 0 Å².